The van der Waals surface area contributed by atoms with Gasteiger partial charge in [-0.05, 0) is 36.6 Å². The van der Waals surface area contributed by atoms with Gasteiger partial charge in [0.15, 0.2) is 0 Å². The van der Waals surface area contributed by atoms with Crippen molar-refractivity contribution in [2.75, 3.05) is 0 Å². The second-order valence-corrected chi connectivity index (χ2v) is 7.59. The van der Waals surface area contributed by atoms with Crippen LogP contribution in [0.3, 0.4) is 0 Å². The summed E-state index contributed by atoms with van der Waals surface area (Å²) >= 11 is 6.17. The lowest BCUT2D eigenvalue weighted by Crippen LogP contribution is -2.45. The Hall–Kier alpha value is -3.44. The van der Waals surface area contributed by atoms with Gasteiger partial charge in [-0.15, -0.1) is 0 Å². The Kier molecular flexibility index (Phi) is 7.21. The molecule has 0 bridgehead atoms. The summed E-state index contributed by atoms with van der Waals surface area (Å²) in [6.45, 7) is 3.27. The summed E-state index contributed by atoms with van der Waals surface area (Å²) in [6, 6.07) is 23.7. The zero-order chi connectivity index (χ0) is 22.4. The molecular weight excluding hydrogens is 410 g/mol. The monoisotopic (exact) mass is 433 g/mol. The van der Waals surface area contributed by atoms with E-state index in [1.165, 1.54) is 0 Å². The number of hydrogen-bond donors (Lipinski definition) is 3. The lowest BCUT2D eigenvalue weighted by Gasteiger charge is -2.21. The van der Waals surface area contributed by atoms with E-state index in [4.69, 9.17) is 27.2 Å². The number of alkyl carbamates (subject to hydrolysis) is 1. The molecule has 1 amide bonds. The van der Waals surface area contributed by atoms with Gasteiger partial charge in [0.1, 0.15) is 12.1 Å². The molecule has 6 heteroatoms. The van der Waals surface area contributed by atoms with Gasteiger partial charge < -0.3 is 20.9 Å². The molecule has 3 aromatic carbocycles. The number of carbonyl (C=O) groups is 1. The third-order valence-corrected chi connectivity index (χ3v) is 5.26. The first-order valence-electron chi connectivity index (χ1n) is 9.87. The van der Waals surface area contributed by atoms with Gasteiger partial charge >= 0.3 is 6.09 Å². The number of rotatable bonds is 7. The van der Waals surface area contributed by atoms with E-state index in [9.17, 15) is 4.79 Å². The molecule has 5 nitrogen and oxygen atoms in total. The smallest absolute Gasteiger partial charge is 0.408 e. The highest BCUT2D eigenvalue weighted by molar-refractivity contribution is 6.31. The van der Waals surface area contributed by atoms with Crippen molar-refractivity contribution in [3.8, 4) is 11.1 Å². The Balaban J connectivity index is 1.70. The molecule has 0 aliphatic rings. The minimum Gasteiger partial charge on any atom is -0.442 e. The van der Waals surface area contributed by atoms with E-state index in [0.29, 0.717) is 16.1 Å². The first-order chi connectivity index (χ1) is 14.9. The van der Waals surface area contributed by atoms with E-state index in [2.05, 4.69) is 5.32 Å². The molecule has 0 aliphatic heterocycles. The average molecular weight is 434 g/mol. The summed E-state index contributed by atoms with van der Waals surface area (Å²) in [7, 11) is 0. The number of hydrogen-bond acceptors (Lipinski definition) is 4. The van der Waals surface area contributed by atoms with Crippen molar-refractivity contribution in [2.45, 2.75) is 26.0 Å². The Morgan fingerprint density at radius 2 is 1.48 bits per heavy atom. The van der Waals surface area contributed by atoms with Crippen LogP contribution in [0.1, 0.15) is 31.1 Å². The largest absolute Gasteiger partial charge is 0.442 e. The second-order valence-electron chi connectivity index (χ2n) is 7.19. The molecule has 0 heterocycles. The Bertz CT molecular complexity index is 1080. The first-order valence-corrected chi connectivity index (χ1v) is 10.3. The topological polar surface area (TPSA) is 86.0 Å². The summed E-state index contributed by atoms with van der Waals surface area (Å²) in [5.74, 6) is 0. The summed E-state index contributed by atoms with van der Waals surface area (Å²) < 4.78 is 5.43. The van der Waals surface area contributed by atoms with Crippen molar-refractivity contribution in [3.05, 3.63) is 95.0 Å². The summed E-state index contributed by atoms with van der Waals surface area (Å²) in [5.41, 5.74) is 3.68. The maximum atomic E-state index is 12.5. The van der Waals surface area contributed by atoms with Gasteiger partial charge in [0.25, 0.3) is 0 Å². The zero-order valence-electron chi connectivity index (χ0n) is 17.4. The number of ether oxygens (including phenoxy) is 1. The van der Waals surface area contributed by atoms with Gasteiger partial charge in [0.2, 0.25) is 0 Å². The van der Waals surface area contributed by atoms with Crippen molar-refractivity contribution < 1.29 is 9.53 Å². The molecule has 31 heavy (non-hydrogen) atoms. The van der Waals surface area contributed by atoms with Crippen LogP contribution < -0.4 is 5.32 Å². The Morgan fingerprint density at radius 3 is 2.10 bits per heavy atom. The zero-order valence-corrected chi connectivity index (χ0v) is 18.1. The summed E-state index contributed by atoms with van der Waals surface area (Å²) in [6.07, 6.45) is -1.28. The van der Waals surface area contributed by atoms with Crippen LogP contribution in [0.5, 0.6) is 0 Å². The molecule has 2 unspecified atom stereocenters. The summed E-state index contributed by atoms with van der Waals surface area (Å²) in [5, 5.41) is 19.7. The van der Waals surface area contributed by atoms with Gasteiger partial charge in [0, 0.05) is 16.3 Å². The SMILES string of the molecule is CC(=N)C(NC(=O)OC(C)c1ccccc1Cl)C(=N)c1ccc(-c2ccccc2)cc1. The van der Waals surface area contributed by atoms with Crippen LogP contribution in [0.4, 0.5) is 4.79 Å². The second kappa shape index (κ2) is 10.0. The number of carbonyl (C=O) groups excluding carboxylic acids is 1. The Labute approximate surface area is 187 Å². The molecule has 0 radical (unpaired) electrons. The van der Waals surface area contributed by atoms with Gasteiger partial charge in [-0.1, -0.05) is 84.4 Å². The van der Waals surface area contributed by atoms with Crippen LogP contribution in [0.15, 0.2) is 78.9 Å². The minimum absolute atomic E-state index is 0.120. The number of benzene rings is 3. The first kappa shape index (κ1) is 22.2. The highest BCUT2D eigenvalue weighted by Crippen LogP contribution is 2.25. The van der Waals surface area contributed by atoms with E-state index in [-0.39, 0.29) is 11.4 Å². The predicted octanol–water partition coefficient (Wildman–Crippen LogP) is 6.27. The van der Waals surface area contributed by atoms with Crippen LogP contribution in [0.2, 0.25) is 5.02 Å². The van der Waals surface area contributed by atoms with Crippen LogP contribution >= 0.6 is 11.6 Å². The molecule has 3 aromatic rings. The van der Waals surface area contributed by atoms with Crippen LogP contribution in [-0.4, -0.2) is 23.6 Å². The maximum Gasteiger partial charge on any atom is 0.408 e. The van der Waals surface area contributed by atoms with E-state index in [1.54, 1.807) is 32.0 Å². The normalized spacial score (nSPS) is 12.5. The number of amides is 1. The molecule has 158 valence electrons. The third kappa shape index (κ3) is 5.58. The number of halogens is 1. The fourth-order valence-electron chi connectivity index (χ4n) is 3.22. The van der Waals surface area contributed by atoms with Crippen LogP contribution in [0.25, 0.3) is 11.1 Å². The van der Waals surface area contributed by atoms with Crippen molar-refractivity contribution >= 4 is 29.1 Å². The molecule has 0 saturated carbocycles. The van der Waals surface area contributed by atoms with E-state index >= 15 is 0 Å². The van der Waals surface area contributed by atoms with Gasteiger partial charge in [-0.25, -0.2) is 4.79 Å². The molecule has 0 aromatic heterocycles. The number of nitrogens with one attached hydrogen (secondary N) is 3. The highest BCUT2D eigenvalue weighted by atomic mass is 35.5. The maximum absolute atomic E-state index is 12.5. The molecular formula is C25H24ClN3O2. The van der Waals surface area contributed by atoms with E-state index in [0.717, 1.165) is 11.1 Å². The molecule has 0 fully saturated rings. The van der Waals surface area contributed by atoms with E-state index in [1.807, 2.05) is 60.7 Å². The van der Waals surface area contributed by atoms with Crippen LogP contribution in [0, 0.1) is 10.8 Å². The lowest BCUT2D eigenvalue weighted by atomic mass is 9.97. The van der Waals surface area contributed by atoms with E-state index < -0.39 is 18.2 Å². The average Bonchev–Trinajstić information content (AvgIpc) is 2.78. The van der Waals surface area contributed by atoms with Crippen LogP contribution in [-0.2, 0) is 4.74 Å². The van der Waals surface area contributed by atoms with Crippen molar-refractivity contribution in [2.24, 2.45) is 0 Å². The lowest BCUT2D eigenvalue weighted by molar-refractivity contribution is 0.107. The van der Waals surface area contributed by atoms with Gasteiger partial charge in [0.05, 0.1) is 5.71 Å². The summed E-state index contributed by atoms with van der Waals surface area (Å²) in [4.78, 5) is 12.5. The standard InChI is InChI=1S/C25H24ClN3O2/c1-16(27)24(29-25(30)31-17(2)21-10-6-7-11-22(21)26)23(28)20-14-12-19(13-15-20)18-8-4-3-5-9-18/h3-15,17,24,27-28H,1-2H3,(H,29,30). The van der Waals surface area contributed by atoms with Gasteiger partial charge in [-0.2, -0.15) is 0 Å². The molecule has 2 atom stereocenters. The fourth-order valence-corrected chi connectivity index (χ4v) is 3.51. The molecule has 3 rings (SSSR count). The quantitative estimate of drug-likeness (QED) is 0.383. The molecule has 0 spiro atoms. The minimum atomic E-state index is -0.895. The highest BCUT2D eigenvalue weighted by Gasteiger charge is 2.23. The molecule has 3 N–H and O–H groups in total. The van der Waals surface area contributed by atoms with Crippen molar-refractivity contribution in [1.82, 2.24) is 5.32 Å². The third-order valence-electron chi connectivity index (χ3n) is 4.91. The van der Waals surface area contributed by atoms with Gasteiger partial charge in [-0.3, -0.25) is 0 Å². The predicted molar refractivity (Wildman–Crippen MR) is 125 cm³/mol. The Morgan fingerprint density at radius 1 is 0.903 bits per heavy atom. The molecule has 0 saturated heterocycles. The van der Waals surface area contributed by atoms with Crippen molar-refractivity contribution in [3.63, 3.8) is 0 Å². The fraction of sp³-hybridized carbons (Fsp3) is 0.160. The molecule has 0 aliphatic carbocycles. The van der Waals surface area contributed by atoms with Crippen molar-refractivity contribution in [1.29, 1.82) is 10.8 Å².